The van der Waals surface area contributed by atoms with Gasteiger partial charge in [0, 0.05) is 11.9 Å². The Labute approximate surface area is 152 Å². The molecule has 25 heavy (non-hydrogen) atoms. The maximum absolute atomic E-state index is 12.0. The van der Waals surface area contributed by atoms with Crippen molar-refractivity contribution < 1.29 is 19.1 Å². The summed E-state index contributed by atoms with van der Waals surface area (Å²) in [5, 5.41) is 1.96. The molecule has 0 aliphatic rings. The number of amides is 1. The van der Waals surface area contributed by atoms with E-state index in [1.807, 2.05) is 41.8 Å². The van der Waals surface area contributed by atoms with Gasteiger partial charge in [-0.15, -0.1) is 11.3 Å². The fraction of sp³-hybridized carbons (Fsp3) is 0.368. The van der Waals surface area contributed by atoms with Crippen LogP contribution in [0.15, 0.2) is 41.8 Å². The molecule has 0 spiro atoms. The lowest BCUT2D eigenvalue weighted by atomic mass is 10.0. The Balaban J connectivity index is 1.70. The van der Waals surface area contributed by atoms with Crippen LogP contribution >= 0.6 is 11.3 Å². The van der Waals surface area contributed by atoms with E-state index in [-0.39, 0.29) is 19.1 Å². The summed E-state index contributed by atoms with van der Waals surface area (Å²) in [6.45, 7) is 4.23. The third-order valence-corrected chi connectivity index (χ3v) is 4.52. The van der Waals surface area contributed by atoms with E-state index in [0.717, 1.165) is 4.88 Å². The lowest BCUT2D eigenvalue weighted by molar-refractivity contribution is -0.153. The highest BCUT2D eigenvalue weighted by Crippen LogP contribution is 2.18. The zero-order chi connectivity index (χ0) is 18.2. The Bertz CT molecular complexity index is 680. The summed E-state index contributed by atoms with van der Waals surface area (Å²) < 4.78 is 10.4. The summed E-state index contributed by atoms with van der Waals surface area (Å²) in [7, 11) is 1.68. The predicted molar refractivity (Wildman–Crippen MR) is 97.8 cm³/mol. The molecule has 0 bridgehead atoms. The molecule has 0 aliphatic heterocycles. The van der Waals surface area contributed by atoms with Gasteiger partial charge in [-0.2, -0.15) is 0 Å². The summed E-state index contributed by atoms with van der Waals surface area (Å²) in [6, 6.07) is 11.5. The van der Waals surface area contributed by atoms with E-state index in [1.54, 1.807) is 18.4 Å². The minimum atomic E-state index is -0.564. The molecule has 2 aromatic rings. The Morgan fingerprint density at radius 2 is 1.84 bits per heavy atom. The summed E-state index contributed by atoms with van der Waals surface area (Å²) in [5.74, 6) is 0.229. The number of thiophene rings is 1. The number of rotatable bonds is 8. The average Bonchev–Trinajstić information content (AvgIpc) is 3.11. The molecule has 0 atom stereocenters. The monoisotopic (exact) mass is 361 g/mol. The molecular weight excluding hydrogens is 338 g/mol. The molecule has 0 fully saturated rings. The molecule has 134 valence electrons. The summed E-state index contributed by atoms with van der Waals surface area (Å²) in [6.07, 6.45) is 0. The zero-order valence-electron chi connectivity index (χ0n) is 14.7. The first-order chi connectivity index (χ1) is 12.0. The molecule has 0 N–H and O–H groups in total. The highest BCUT2D eigenvalue weighted by molar-refractivity contribution is 7.09. The SMILES string of the molecule is CC(C)c1ccc(OCC(=O)OCC(=O)N(C)Cc2cccs2)cc1. The number of hydrogen-bond acceptors (Lipinski definition) is 5. The van der Waals surface area contributed by atoms with Crippen molar-refractivity contribution in [1.29, 1.82) is 0 Å². The molecule has 0 aliphatic carbocycles. The molecule has 1 aromatic heterocycles. The second-order valence-electron chi connectivity index (χ2n) is 6.00. The third-order valence-electron chi connectivity index (χ3n) is 3.66. The van der Waals surface area contributed by atoms with Crippen LogP contribution in [0.2, 0.25) is 0 Å². The number of nitrogens with zero attached hydrogens (tertiary/aromatic N) is 1. The number of likely N-dealkylation sites (N-methyl/N-ethyl adjacent to an activating group) is 1. The second-order valence-corrected chi connectivity index (χ2v) is 7.03. The molecule has 1 amide bonds. The van der Waals surface area contributed by atoms with Crippen molar-refractivity contribution in [2.45, 2.75) is 26.3 Å². The van der Waals surface area contributed by atoms with E-state index in [1.165, 1.54) is 10.5 Å². The molecule has 1 heterocycles. The van der Waals surface area contributed by atoms with Gasteiger partial charge in [-0.05, 0) is 35.1 Å². The van der Waals surface area contributed by atoms with Crippen LogP contribution in [0.25, 0.3) is 0 Å². The standard InChI is InChI=1S/C19H23NO4S/c1-14(2)15-6-8-16(9-7-15)23-13-19(22)24-12-18(21)20(3)11-17-5-4-10-25-17/h4-10,14H,11-13H2,1-3H3. The van der Waals surface area contributed by atoms with Gasteiger partial charge in [-0.25, -0.2) is 4.79 Å². The topological polar surface area (TPSA) is 55.8 Å². The van der Waals surface area contributed by atoms with Crippen LogP contribution < -0.4 is 4.74 Å². The van der Waals surface area contributed by atoms with Gasteiger partial charge in [0.15, 0.2) is 13.2 Å². The van der Waals surface area contributed by atoms with Crippen molar-refractivity contribution in [2.75, 3.05) is 20.3 Å². The smallest absolute Gasteiger partial charge is 0.344 e. The van der Waals surface area contributed by atoms with Gasteiger partial charge < -0.3 is 14.4 Å². The van der Waals surface area contributed by atoms with Gasteiger partial charge in [-0.1, -0.05) is 32.0 Å². The van der Waals surface area contributed by atoms with Crippen molar-refractivity contribution in [3.05, 3.63) is 52.2 Å². The number of benzene rings is 1. The van der Waals surface area contributed by atoms with Crippen molar-refractivity contribution in [3.8, 4) is 5.75 Å². The lowest BCUT2D eigenvalue weighted by Gasteiger charge is -2.16. The highest BCUT2D eigenvalue weighted by Gasteiger charge is 2.13. The second kappa shape index (κ2) is 9.22. The normalized spacial score (nSPS) is 10.6. The number of carbonyl (C=O) groups is 2. The van der Waals surface area contributed by atoms with E-state index < -0.39 is 5.97 Å². The van der Waals surface area contributed by atoms with Gasteiger partial charge >= 0.3 is 5.97 Å². The molecular formula is C19H23NO4S. The van der Waals surface area contributed by atoms with Crippen LogP contribution in [0.1, 0.15) is 30.2 Å². The largest absolute Gasteiger partial charge is 0.482 e. The maximum Gasteiger partial charge on any atom is 0.344 e. The lowest BCUT2D eigenvalue weighted by Crippen LogP contribution is -2.31. The molecule has 0 saturated heterocycles. The third kappa shape index (κ3) is 6.23. The van der Waals surface area contributed by atoms with Crippen molar-refractivity contribution in [2.24, 2.45) is 0 Å². The average molecular weight is 361 g/mol. The van der Waals surface area contributed by atoms with Gasteiger partial charge in [0.05, 0.1) is 6.54 Å². The van der Waals surface area contributed by atoms with Crippen LogP contribution in [0, 0.1) is 0 Å². The number of carbonyl (C=O) groups excluding carboxylic acids is 2. The Morgan fingerprint density at radius 3 is 2.44 bits per heavy atom. The Kier molecular flexibility index (Phi) is 7.01. The van der Waals surface area contributed by atoms with Crippen LogP contribution in [-0.4, -0.2) is 37.0 Å². The van der Waals surface area contributed by atoms with Crippen molar-refractivity contribution in [1.82, 2.24) is 4.90 Å². The maximum atomic E-state index is 12.0. The van der Waals surface area contributed by atoms with E-state index in [4.69, 9.17) is 9.47 Å². The number of ether oxygens (including phenoxy) is 2. The van der Waals surface area contributed by atoms with Gasteiger partial charge in [-0.3, -0.25) is 4.79 Å². The van der Waals surface area contributed by atoms with Crippen LogP contribution in [0.5, 0.6) is 5.75 Å². The minimum Gasteiger partial charge on any atom is -0.482 e. The van der Waals surface area contributed by atoms with Crippen molar-refractivity contribution in [3.63, 3.8) is 0 Å². The summed E-state index contributed by atoms with van der Waals surface area (Å²) in [5.41, 5.74) is 1.20. The quantitative estimate of drug-likeness (QED) is 0.676. The van der Waals surface area contributed by atoms with Crippen molar-refractivity contribution >= 4 is 23.2 Å². The molecule has 0 saturated carbocycles. The zero-order valence-corrected chi connectivity index (χ0v) is 15.5. The van der Waals surface area contributed by atoms with E-state index in [2.05, 4.69) is 13.8 Å². The molecule has 0 unspecified atom stereocenters. The van der Waals surface area contributed by atoms with Gasteiger partial charge in [0.25, 0.3) is 5.91 Å². The molecule has 5 nitrogen and oxygen atoms in total. The Hall–Kier alpha value is -2.34. The van der Waals surface area contributed by atoms with E-state index >= 15 is 0 Å². The highest BCUT2D eigenvalue weighted by atomic mass is 32.1. The number of esters is 1. The summed E-state index contributed by atoms with van der Waals surface area (Å²) in [4.78, 5) is 26.3. The van der Waals surface area contributed by atoms with Gasteiger partial charge in [0.1, 0.15) is 5.75 Å². The summed E-state index contributed by atoms with van der Waals surface area (Å²) >= 11 is 1.58. The van der Waals surface area contributed by atoms with Crippen LogP contribution in [0.3, 0.4) is 0 Å². The number of hydrogen-bond donors (Lipinski definition) is 0. The molecule has 2 rings (SSSR count). The molecule has 0 radical (unpaired) electrons. The first-order valence-electron chi connectivity index (χ1n) is 8.10. The first kappa shape index (κ1) is 19.0. The minimum absolute atomic E-state index is 0.219. The van der Waals surface area contributed by atoms with Crippen LogP contribution in [-0.2, 0) is 20.9 Å². The first-order valence-corrected chi connectivity index (χ1v) is 8.98. The van der Waals surface area contributed by atoms with Crippen LogP contribution in [0.4, 0.5) is 0 Å². The van der Waals surface area contributed by atoms with E-state index in [9.17, 15) is 9.59 Å². The fourth-order valence-corrected chi connectivity index (χ4v) is 2.87. The Morgan fingerprint density at radius 1 is 1.12 bits per heavy atom. The fourth-order valence-electron chi connectivity index (χ4n) is 2.11. The van der Waals surface area contributed by atoms with E-state index in [0.29, 0.717) is 18.2 Å². The molecule has 1 aromatic carbocycles. The predicted octanol–water partition coefficient (Wildman–Crippen LogP) is 3.45. The van der Waals surface area contributed by atoms with Gasteiger partial charge in [0.2, 0.25) is 0 Å². The molecule has 6 heteroatoms.